The van der Waals surface area contributed by atoms with E-state index in [1.165, 1.54) is 12.8 Å². The Morgan fingerprint density at radius 3 is 2.69 bits per heavy atom. The van der Waals surface area contributed by atoms with Gasteiger partial charge in [-0.25, -0.2) is 0 Å². The maximum atomic E-state index is 11.9. The minimum absolute atomic E-state index is 0.231. The normalized spacial score (nSPS) is 17.2. The Bertz CT molecular complexity index is 365. The van der Waals surface area contributed by atoms with Gasteiger partial charge < -0.3 is 4.52 Å². The maximum Gasteiger partial charge on any atom is 0.234 e. The zero-order valence-corrected chi connectivity index (χ0v) is 9.90. The van der Waals surface area contributed by atoms with Gasteiger partial charge in [-0.15, -0.1) is 0 Å². The van der Waals surface area contributed by atoms with Crippen LogP contribution in [0.15, 0.2) is 4.52 Å². The molecule has 1 aromatic heterocycles. The van der Waals surface area contributed by atoms with Gasteiger partial charge in [-0.2, -0.15) is 4.98 Å². The van der Waals surface area contributed by atoms with E-state index in [2.05, 4.69) is 10.1 Å². The molecule has 2 rings (SSSR count). The van der Waals surface area contributed by atoms with Crippen LogP contribution in [0.25, 0.3) is 0 Å². The van der Waals surface area contributed by atoms with Crippen molar-refractivity contribution in [3.8, 4) is 0 Å². The van der Waals surface area contributed by atoms with Crippen molar-refractivity contribution in [1.29, 1.82) is 0 Å². The molecule has 16 heavy (non-hydrogen) atoms. The molecule has 0 spiro atoms. The molecule has 88 valence electrons. The molecule has 1 saturated carbocycles. The van der Waals surface area contributed by atoms with Crippen LogP contribution in [0, 0.1) is 5.92 Å². The van der Waals surface area contributed by atoms with E-state index in [-0.39, 0.29) is 17.6 Å². The minimum atomic E-state index is 0.231. The summed E-state index contributed by atoms with van der Waals surface area (Å²) >= 11 is 0. The first-order valence-electron chi connectivity index (χ1n) is 6.02. The van der Waals surface area contributed by atoms with E-state index < -0.39 is 0 Å². The lowest BCUT2D eigenvalue weighted by Gasteiger charge is -2.04. The fourth-order valence-electron chi connectivity index (χ4n) is 2.12. The van der Waals surface area contributed by atoms with Crippen LogP contribution in [0.1, 0.15) is 57.2 Å². The molecule has 0 amide bonds. The molecule has 0 aliphatic heterocycles. The van der Waals surface area contributed by atoms with Crippen molar-refractivity contribution in [2.45, 2.75) is 51.9 Å². The fourth-order valence-corrected chi connectivity index (χ4v) is 2.12. The first-order chi connectivity index (χ1) is 7.66. The smallest absolute Gasteiger partial charge is 0.234 e. The van der Waals surface area contributed by atoms with Crippen LogP contribution in [0.3, 0.4) is 0 Å². The van der Waals surface area contributed by atoms with E-state index in [0.29, 0.717) is 18.1 Å². The molecule has 1 heterocycles. The van der Waals surface area contributed by atoms with Crippen LogP contribution in [0.2, 0.25) is 0 Å². The van der Waals surface area contributed by atoms with Crippen molar-refractivity contribution in [3.05, 3.63) is 11.7 Å². The van der Waals surface area contributed by atoms with Gasteiger partial charge in [-0.3, -0.25) is 4.79 Å². The van der Waals surface area contributed by atoms with Gasteiger partial charge >= 0.3 is 0 Å². The summed E-state index contributed by atoms with van der Waals surface area (Å²) in [5, 5.41) is 3.86. The van der Waals surface area contributed by atoms with Crippen LogP contribution < -0.4 is 0 Å². The predicted octanol–water partition coefficient (Wildman–Crippen LogP) is 2.49. The topological polar surface area (TPSA) is 56.0 Å². The monoisotopic (exact) mass is 222 g/mol. The lowest BCUT2D eigenvalue weighted by atomic mass is 10.0. The Balaban J connectivity index is 1.95. The summed E-state index contributed by atoms with van der Waals surface area (Å²) in [5.41, 5.74) is 0. The number of carbonyl (C=O) groups is 1. The average Bonchev–Trinajstić information content (AvgIpc) is 2.87. The van der Waals surface area contributed by atoms with Gasteiger partial charge in [0.15, 0.2) is 5.82 Å². The zero-order valence-electron chi connectivity index (χ0n) is 9.90. The molecule has 0 atom stereocenters. The molecule has 0 unspecified atom stereocenters. The quantitative estimate of drug-likeness (QED) is 0.785. The third-order valence-corrected chi connectivity index (χ3v) is 3.14. The maximum absolute atomic E-state index is 11.9. The average molecular weight is 222 g/mol. The van der Waals surface area contributed by atoms with E-state index >= 15 is 0 Å². The third kappa shape index (κ3) is 2.49. The molecule has 1 aromatic rings. The summed E-state index contributed by atoms with van der Waals surface area (Å²) in [5.74, 6) is 1.90. The van der Waals surface area contributed by atoms with Crippen molar-refractivity contribution in [2.24, 2.45) is 5.92 Å². The van der Waals surface area contributed by atoms with E-state index in [0.717, 1.165) is 12.8 Å². The lowest BCUT2D eigenvalue weighted by molar-refractivity contribution is -0.122. The van der Waals surface area contributed by atoms with Crippen molar-refractivity contribution < 1.29 is 9.32 Å². The SMILES string of the molecule is CC(C)c1noc(CC(=O)C2CCCC2)n1. The Kier molecular flexibility index (Phi) is 3.36. The highest BCUT2D eigenvalue weighted by Crippen LogP contribution is 2.26. The Hall–Kier alpha value is -1.19. The molecular weight excluding hydrogens is 204 g/mol. The summed E-state index contributed by atoms with van der Waals surface area (Å²) in [6.07, 6.45) is 4.73. The Morgan fingerprint density at radius 1 is 1.44 bits per heavy atom. The first kappa shape index (κ1) is 11.3. The van der Waals surface area contributed by atoms with Gasteiger partial charge in [0.25, 0.3) is 0 Å². The Morgan fingerprint density at radius 2 is 2.12 bits per heavy atom. The predicted molar refractivity (Wildman–Crippen MR) is 59.1 cm³/mol. The second kappa shape index (κ2) is 4.76. The summed E-state index contributed by atoms with van der Waals surface area (Å²) in [6.45, 7) is 4.01. The van der Waals surface area contributed by atoms with Gasteiger partial charge in [0.05, 0.1) is 6.42 Å². The van der Waals surface area contributed by atoms with Crippen LogP contribution >= 0.6 is 0 Å². The summed E-state index contributed by atoms with van der Waals surface area (Å²) in [6, 6.07) is 0. The number of hydrogen-bond donors (Lipinski definition) is 0. The molecule has 1 fully saturated rings. The van der Waals surface area contributed by atoms with Crippen LogP contribution in [-0.2, 0) is 11.2 Å². The van der Waals surface area contributed by atoms with Gasteiger partial charge in [-0.05, 0) is 12.8 Å². The zero-order chi connectivity index (χ0) is 11.5. The highest BCUT2D eigenvalue weighted by Gasteiger charge is 2.24. The molecular formula is C12H18N2O2. The van der Waals surface area contributed by atoms with E-state index in [9.17, 15) is 4.79 Å². The van der Waals surface area contributed by atoms with Crippen LogP contribution in [-0.4, -0.2) is 15.9 Å². The molecule has 1 aliphatic carbocycles. The van der Waals surface area contributed by atoms with Gasteiger partial charge in [0, 0.05) is 11.8 Å². The molecule has 1 aliphatic rings. The standard InChI is InChI=1S/C12H18N2O2/c1-8(2)12-13-11(16-14-12)7-10(15)9-5-3-4-6-9/h8-9H,3-7H2,1-2H3. The first-order valence-corrected chi connectivity index (χ1v) is 6.02. The summed E-state index contributed by atoms with van der Waals surface area (Å²) in [7, 11) is 0. The second-order valence-electron chi connectivity index (χ2n) is 4.83. The van der Waals surface area contributed by atoms with Crippen molar-refractivity contribution in [1.82, 2.24) is 10.1 Å². The van der Waals surface area contributed by atoms with Gasteiger partial charge in [-0.1, -0.05) is 31.8 Å². The summed E-state index contributed by atoms with van der Waals surface area (Å²) in [4.78, 5) is 16.1. The number of rotatable bonds is 4. The van der Waals surface area contributed by atoms with Crippen LogP contribution in [0.5, 0.6) is 0 Å². The molecule has 0 radical (unpaired) electrons. The number of nitrogens with zero attached hydrogens (tertiary/aromatic N) is 2. The van der Waals surface area contributed by atoms with Crippen molar-refractivity contribution in [2.75, 3.05) is 0 Å². The summed E-state index contributed by atoms with van der Waals surface area (Å²) < 4.78 is 5.07. The van der Waals surface area contributed by atoms with Gasteiger partial charge in [0.2, 0.25) is 5.89 Å². The van der Waals surface area contributed by atoms with Crippen molar-refractivity contribution in [3.63, 3.8) is 0 Å². The van der Waals surface area contributed by atoms with Crippen molar-refractivity contribution >= 4 is 5.78 Å². The number of Topliss-reactive ketones (excluding diaryl/α,β-unsaturated/α-hetero) is 1. The third-order valence-electron chi connectivity index (χ3n) is 3.14. The van der Waals surface area contributed by atoms with Crippen LogP contribution in [0.4, 0.5) is 0 Å². The highest BCUT2D eigenvalue weighted by atomic mass is 16.5. The molecule has 4 nitrogen and oxygen atoms in total. The molecule has 0 bridgehead atoms. The highest BCUT2D eigenvalue weighted by molar-refractivity contribution is 5.82. The number of carbonyl (C=O) groups excluding carboxylic acids is 1. The van der Waals surface area contributed by atoms with E-state index in [4.69, 9.17) is 4.52 Å². The molecule has 0 N–H and O–H groups in total. The largest absolute Gasteiger partial charge is 0.339 e. The van der Waals surface area contributed by atoms with E-state index in [1.807, 2.05) is 13.8 Å². The number of aromatic nitrogens is 2. The Labute approximate surface area is 95.4 Å². The fraction of sp³-hybridized carbons (Fsp3) is 0.750. The molecule has 4 heteroatoms. The second-order valence-corrected chi connectivity index (χ2v) is 4.83. The molecule has 0 saturated heterocycles. The lowest BCUT2D eigenvalue weighted by Crippen LogP contribution is -2.13. The van der Waals surface area contributed by atoms with Gasteiger partial charge in [0.1, 0.15) is 5.78 Å². The number of ketones is 1. The molecule has 0 aromatic carbocycles. The number of hydrogen-bond acceptors (Lipinski definition) is 4. The minimum Gasteiger partial charge on any atom is -0.339 e. The van der Waals surface area contributed by atoms with E-state index in [1.54, 1.807) is 0 Å².